The minimum atomic E-state index is -3.07. The molecule has 1 rings (SSSR count). The van der Waals surface area contributed by atoms with Crippen molar-refractivity contribution in [3.63, 3.8) is 0 Å². The number of rotatable bonds is 2. The average Bonchev–Trinajstić information content (AvgIpc) is 2.29. The van der Waals surface area contributed by atoms with E-state index in [4.69, 9.17) is 5.11 Å². The van der Waals surface area contributed by atoms with Crippen LogP contribution in [0.4, 0.5) is 0 Å². The molecule has 0 heterocycles. The van der Waals surface area contributed by atoms with Crippen molar-refractivity contribution in [2.75, 3.05) is 6.26 Å². The lowest BCUT2D eigenvalue weighted by molar-refractivity contribution is -0.142. The first-order valence-corrected chi connectivity index (χ1v) is 6.19. The summed E-state index contributed by atoms with van der Waals surface area (Å²) in [6.45, 7) is 1.80. The molecule has 5 heteroatoms. The van der Waals surface area contributed by atoms with Gasteiger partial charge in [0.1, 0.15) is 9.84 Å². The fraction of sp³-hybridized carbons (Fsp3) is 0.875. The molecular formula is C8H14O4S. The van der Waals surface area contributed by atoms with E-state index in [1.54, 1.807) is 6.92 Å². The Morgan fingerprint density at radius 1 is 1.38 bits per heavy atom. The molecule has 13 heavy (non-hydrogen) atoms. The van der Waals surface area contributed by atoms with E-state index in [9.17, 15) is 13.2 Å². The highest BCUT2D eigenvalue weighted by atomic mass is 32.2. The fourth-order valence-corrected chi connectivity index (χ4v) is 3.09. The second kappa shape index (κ2) is 3.29. The highest BCUT2D eigenvalue weighted by Crippen LogP contribution is 2.35. The maximum Gasteiger partial charge on any atom is 0.306 e. The fourth-order valence-electron chi connectivity index (χ4n) is 1.88. The van der Waals surface area contributed by atoms with E-state index in [-0.39, 0.29) is 12.3 Å². The minimum Gasteiger partial charge on any atom is -0.481 e. The Kier molecular flexibility index (Phi) is 2.66. The zero-order valence-electron chi connectivity index (χ0n) is 7.73. The van der Waals surface area contributed by atoms with Gasteiger partial charge >= 0.3 is 5.97 Å². The lowest BCUT2D eigenvalue weighted by Crippen LogP contribution is -2.18. The smallest absolute Gasteiger partial charge is 0.306 e. The summed E-state index contributed by atoms with van der Waals surface area (Å²) in [4.78, 5) is 10.7. The molecular weight excluding hydrogens is 192 g/mol. The maximum absolute atomic E-state index is 11.2. The number of aliphatic carboxylic acids is 1. The highest BCUT2D eigenvalue weighted by molar-refractivity contribution is 7.91. The van der Waals surface area contributed by atoms with Crippen LogP contribution in [0.5, 0.6) is 0 Å². The van der Waals surface area contributed by atoms with Crippen molar-refractivity contribution < 1.29 is 18.3 Å². The quantitative estimate of drug-likeness (QED) is 0.715. The van der Waals surface area contributed by atoms with E-state index in [0.717, 1.165) is 0 Å². The van der Waals surface area contributed by atoms with Crippen molar-refractivity contribution in [2.24, 2.45) is 11.8 Å². The molecule has 0 amide bonds. The third-order valence-electron chi connectivity index (χ3n) is 2.76. The summed E-state index contributed by atoms with van der Waals surface area (Å²) in [6, 6.07) is 0. The molecule has 0 aromatic rings. The van der Waals surface area contributed by atoms with Crippen LogP contribution in [-0.4, -0.2) is 31.0 Å². The van der Waals surface area contributed by atoms with Gasteiger partial charge in [-0.15, -0.1) is 0 Å². The van der Waals surface area contributed by atoms with E-state index in [1.165, 1.54) is 6.26 Å². The molecule has 76 valence electrons. The summed E-state index contributed by atoms with van der Waals surface area (Å²) in [7, 11) is -3.07. The van der Waals surface area contributed by atoms with Crippen molar-refractivity contribution in [1.29, 1.82) is 0 Å². The van der Waals surface area contributed by atoms with Gasteiger partial charge in [0.15, 0.2) is 0 Å². The highest BCUT2D eigenvalue weighted by Gasteiger charge is 2.40. The molecule has 4 nitrogen and oxygen atoms in total. The van der Waals surface area contributed by atoms with E-state index < -0.39 is 27.0 Å². The predicted octanol–water partition coefficient (Wildman–Crippen LogP) is 0.530. The molecule has 1 saturated carbocycles. The number of hydrogen-bond acceptors (Lipinski definition) is 3. The van der Waals surface area contributed by atoms with Crippen LogP contribution in [-0.2, 0) is 14.6 Å². The zero-order chi connectivity index (χ0) is 10.2. The summed E-state index contributed by atoms with van der Waals surface area (Å²) in [6.07, 6.45) is 1.93. The molecule has 0 saturated heterocycles. The van der Waals surface area contributed by atoms with E-state index in [0.29, 0.717) is 6.42 Å². The molecule has 0 aliphatic heterocycles. The first-order chi connectivity index (χ1) is 5.82. The van der Waals surface area contributed by atoms with Crippen molar-refractivity contribution in [3.8, 4) is 0 Å². The van der Waals surface area contributed by atoms with Gasteiger partial charge in [-0.1, -0.05) is 6.92 Å². The van der Waals surface area contributed by atoms with Gasteiger partial charge in [0.05, 0.1) is 11.2 Å². The largest absolute Gasteiger partial charge is 0.481 e. The molecule has 0 unspecified atom stereocenters. The predicted molar refractivity (Wildman–Crippen MR) is 48.2 cm³/mol. The van der Waals surface area contributed by atoms with Gasteiger partial charge in [0, 0.05) is 6.26 Å². The first-order valence-electron chi connectivity index (χ1n) is 4.24. The van der Waals surface area contributed by atoms with Crippen molar-refractivity contribution >= 4 is 15.8 Å². The van der Waals surface area contributed by atoms with Gasteiger partial charge in [-0.25, -0.2) is 8.42 Å². The minimum absolute atomic E-state index is 0.0303. The van der Waals surface area contributed by atoms with Gasteiger partial charge in [-0.05, 0) is 18.8 Å². The molecule has 1 fully saturated rings. The second-order valence-electron chi connectivity index (χ2n) is 3.84. The lowest BCUT2D eigenvalue weighted by Gasteiger charge is -2.07. The van der Waals surface area contributed by atoms with Gasteiger partial charge in [-0.3, -0.25) is 4.79 Å². The third kappa shape index (κ3) is 2.21. The molecule has 0 aromatic heterocycles. The Morgan fingerprint density at radius 3 is 2.15 bits per heavy atom. The Balaban J connectivity index is 2.77. The van der Waals surface area contributed by atoms with Crippen LogP contribution in [0.25, 0.3) is 0 Å². The van der Waals surface area contributed by atoms with Crippen LogP contribution in [0, 0.1) is 11.8 Å². The van der Waals surface area contributed by atoms with Crippen LogP contribution >= 0.6 is 0 Å². The number of hydrogen-bond donors (Lipinski definition) is 1. The van der Waals surface area contributed by atoms with Crippen molar-refractivity contribution in [3.05, 3.63) is 0 Å². The van der Waals surface area contributed by atoms with Crippen molar-refractivity contribution in [2.45, 2.75) is 25.0 Å². The Bertz CT molecular complexity index is 306. The summed E-state index contributed by atoms with van der Waals surface area (Å²) >= 11 is 0. The van der Waals surface area contributed by atoms with Crippen molar-refractivity contribution in [1.82, 2.24) is 0 Å². The van der Waals surface area contributed by atoms with Crippen LogP contribution in [0.2, 0.25) is 0 Å². The van der Waals surface area contributed by atoms with E-state index >= 15 is 0 Å². The summed E-state index contributed by atoms with van der Waals surface area (Å²) < 4.78 is 22.3. The number of carboxylic acid groups (broad SMARTS) is 1. The van der Waals surface area contributed by atoms with Crippen LogP contribution in [0.1, 0.15) is 19.8 Å². The molecule has 1 aliphatic carbocycles. The molecule has 0 spiro atoms. The monoisotopic (exact) mass is 206 g/mol. The summed E-state index contributed by atoms with van der Waals surface area (Å²) in [5.74, 6) is -1.39. The normalized spacial score (nSPS) is 34.8. The Morgan fingerprint density at radius 2 is 1.92 bits per heavy atom. The van der Waals surface area contributed by atoms with E-state index in [1.807, 2.05) is 0 Å². The van der Waals surface area contributed by atoms with Crippen LogP contribution in [0.15, 0.2) is 0 Å². The van der Waals surface area contributed by atoms with Gasteiger partial charge in [0.25, 0.3) is 0 Å². The number of sulfone groups is 1. The topological polar surface area (TPSA) is 71.4 Å². The molecule has 0 radical (unpaired) electrons. The number of carbonyl (C=O) groups is 1. The summed E-state index contributed by atoms with van der Waals surface area (Å²) in [5, 5.41) is 8.32. The van der Waals surface area contributed by atoms with Gasteiger partial charge < -0.3 is 5.11 Å². The standard InChI is InChI=1S/C8H14O4S/c1-5-3-6(13(2,11)12)4-7(5)8(9)10/h5-7H,3-4H2,1-2H3,(H,9,10)/t5-,6+,7+/m1/s1. The molecule has 1 aliphatic rings. The van der Waals surface area contributed by atoms with Crippen LogP contribution in [0.3, 0.4) is 0 Å². The Labute approximate surface area is 77.9 Å². The SMILES string of the molecule is C[C@@H]1C[C@H](S(C)(=O)=O)C[C@@H]1C(=O)O. The van der Waals surface area contributed by atoms with Gasteiger partial charge in [-0.2, -0.15) is 0 Å². The second-order valence-corrected chi connectivity index (χ2v) is 6.17. The maximum atomic E-state index is 11.2. The zero-order valence-corrected chi connectivity index (χ0v) is 8.54. The lowest BCUT2D eigenvalue weighted by atomic mass is 9.99. The molecule has 0 bridgehead atoms. The summed E-state index contributed by atoms with van der Waals surface area (Å²) in [5.41, 5.74) is 0. The molecule has 0 aromatic carbocycles. The van der Waals surface area contributed by atoms with Crippen LogP contribution < -0.4 is 0 Å². The first kappa shape index (κ1) is 10.5. The third-order valence-corrected chi connectivity index (χ3v) is 4.36. The average molecular weight is 206 g/mol. The Hall–Kier alpha value is -0.580. The molecule has 1 N–H and O–H groups in total. The number of carboxylic acids is 1. The molecule has 3 atom stereocenters. The van der Waals surface area contributed by atoms with Gasteiger partial charge in [0.2, 0.25) is 0 Å². The van der Waals surface area contributed by atoms with E-state index in [2.05, 4.69) is 0 Å².